The molecule has 1 aromatic heterocycles. The molecule has 0 spiro atoms. The predicted octanol–water partition coefficient (Wildman–Crippen LogP) is 3.11. The Balaban J connectivity index is 2.14. The Kier molecular flexibility index (Phi) is 4.72. The number of thiocarbonyl (C=S) groups is 1. The van der Waals surface area contributed by atoms with Crippen molar-refractivity contribution in [3.8, 4) is 11.3 Å². The van der Waals surface area contributed by atoms with E-state index in [4.69, 9.17) is 21.8 Å². The van der Waals surface area contributed by atoms with Crippen LogP contribution in [0.2, 0.25) is 5.02 Å². The second kappa shape index (κ2) is 6.51. The van der Waals surface area contributed by atoms with E-state index in [1.807, 2.05) is 0 Å². The molecule has 0 bridgehead atoms. The van der Waals surface area contributed by atoms with Crippen LogP contribution in [0.3, 0.4) is 0 Å². The first-order valence-electron chi connectivity index (χ1n) is 5.79. The van der Waals surface area contributed by atoms with Gasteiger partial charge in [-0.15, -0.1) is 0 Å². The monoisotopic (exact) mass is 324 g/mol. The molecule has 1 heterocycles. The van der Waals surface area contributed by atoms with Gasteiger partial charge < -0.3 is 10.2 Å². The number of carbonyl (C=O) groups is 1. The lowest BCUT2D eigenvalue weighted by Crippen LogP contribution is -2.33. The average Bonchev–Trinajstić information content (AvgIpc) is 2.88. The van der Waals surface area contributed by atoms with E-state index >= 15 is 0 Å². The second-order valence-electron chi connectivity index (χ2n) is 4.02. The summed E-state index contributed by atoms with van der Waals surface area (Å²) >= 11 is 10.3. The molecule has 0 aliphatic carbocycles. The molecule has 108 valence electrons. The lowest BCUT2D eigenvalue weighted by atomic mass is 10.2. The van der Waals surface area contributed by atoms with Crippen LogP contribution < -0.4 is 11.1 Å². The third-order valence-electron chi connectivity index (χ3n) is 2.48. The van der Waals surface area contributed by atoms with E-state index in [2.05, 4.69) is 17.5 Å². The standard InChI is InChI=1S/C14H10ClFN2O2S/c15-10-7-8(1-4-11(10)16)12-5-2-9(20-12)3-6-13(19)18-14(17)21/h1-7H,(H3,17,18,19,21)/b6-3+. The Bertz CT molecular complexity index is 728. The molecule has 0 saturated heterocycles. The van der Waals surface area contributed by atoms with Gasteiger partial charge in [0, 0.05) is 11.6 Å². The summed E-state index contributed by atoms with van der Waals surface area (Å²) in [5.41, 5.74) is 5.80. The lowest BCUT2D eigenvalue weighted by Gasteiger charge is -1.99. The third kappa shape index (κ3) is 4.14. The van der Waals surface area contributed by atoms with E-state index in [1.54, 1.807) is 18.2 Å². The molecule has 7 heteroatoms. The number of amides is 1. The maximum absolute atomic E-state index is 13.1. The molecule has 2 rings (SSSR count). The number of hydrogen-bond acceptors (Lipinski definition) is 3. The van der Waals surface area contributed by atoms with Crippen LogP contribution in [0.1, 0.15) is 5.76 Å². The molecule has 0 radical (unpaired) electrons. The number of nitrogens with two attached hydrogens (primary N) is 1. The zero-order chi connectivity index (χ0) is 15.4. The fourth-order valence-electron chi connectivity index (χ4n) is 1.57. The summed E-state index contributed by atoms with van der Waals surface area (Å²) in [5.74, 6) is 0.00151. The Morgan fingerprint density at radius 2 is 2.14 bits per heavy atom. The van der Waals surface area contributed by atoms with Crippen LogP contribution in [0.25, 0.3) is 17.4 Å². The predicted molar refractivity (Wildman–Crippen MR) is 83.1 cm³/mol. The summed E-state index contributed by atoms with van der Waals surface area (Å²) in [4.78, 5) is 11.3. The van der Waals surface area contributed by atoms with Gasteiger partial charge in [0.05, 0.1) is 5.02 Å². The van der Waals surface area contributed by atoms with Gasteiger partial charge in [-0.25, -0.2) is 4.39 Å². The van der Waals surface area contributed by atoms with Gasteiger partial charge in [0.1, 0.15) is 17.3 Å². The van der Waals surface area contributed by atoms with Crippen LogP contribution in [0.15, 0.2) is 40.8 Å². The van der Waals surface area contributed by atoms with Gasteiger partial charge in [-0.1, -0.05) is 11.6 Å². The molecule has 0 aliphatic heterocycles. The number of hydrogen-bond donors (Lipinski definition) is 2. The molecule has 0 fully saturated rings. The highest BCUT2D eigenvalue weighted by atomic mass is 35.5. The fourth-order valence-corrected chi connectivity index (χ4v) is 1.85. The normalized spacial score (nSPS) is 10.8. The minimum absolute atomic E-state index is 0.0110. The molecule has 0 atom stereocenters. The molecule has 3 N–H and O–H groups in total. The van der Waals surface area contributed by atoms with E-state index in [0.29, 0.717) is 17.1 Å². The van der Waals surface area contributed by atoms with Gasteiger partial charge in [0.2, 0.25) is 5.91 Å². The number of carbonyl (C=O) groups excluding carboxylic acids is 1. The highest BCUT2D eigenvalue weighted by Crippen LogP contribution is 2.26. The van der Waals surface area contributed by atoms with Gasteiger partial charge in [0.25, 0.3) is 0 Å². The van der Waals surface area contributed by atoms with Gasteiger partial charge >= 0.3 is 0 Å². The Labute approximate surface area is 130 Å². The van der Waals surface area contributed by atoms with Crippen molar-refractivity contribution in [2.45, 2.75) is 0 Å². The summed E-state index contributed by atoms with van der Waals surface area (Å²) in [6.45, 7) is 0. The fraction of sp³-hybridized carbons (Fsp3) is 0. The lowest BCUT2D eigenvalue weighted by molar-refractivity contribution is -0.115. The van der Waals surface area contributed by atoms with Crippen LogP contribution in [0.4, 0.5) is 4.39 Å². The number of rotatable bonds is 3. The van der Waals surface area contributed by atoms with E-state index < -0.39 is 11.7 Å². The largest absolute Gasteiger partial charge is 0.457 e. The molecule has 0 unspecified atom stereocenters. The van der Waals surface area contributed by atoms with Gasteiger partial charge in [-0.2, -0.15) is 0 Å². The Hall–Kier alpha value is -2.18. The van der Waals surface area contributed by atoms with Crippen molar-refractivity contribution >= 4 is 40.9 Å². The van der Waals surface area contributed by atoms with Crippen LogP contribution in [-0.2, 0) is 4.79 Å². The maximum Gasteiger partial charge on any atom is 0.250 e. The summed E-state index contributed by atoms with van der Waals surface area (Å²) in [7, 11) is 0. The topological polar surface area (TPSA) is 68.3 Å². The first kappa shape index (κ1) is 15.2. The summed E-state index contributed by atoms with van der Waals surface area (Å²) < 4.78 is 18.6. The van der Waals surface area contributed by atoms with Crippen molar-refractivity contribution in [2.75, 3.05) is 0 Å². The number of nitrogens with one attached hydrogen (secondary N) is 1. The smallest absolute Gasteiger partial charge is 0.250 e. The first-order valence-corrected chi connectivity index (χ1v) is 6.58. The van der Waals surface area contributed by atoms with Crippen LogP contribution in [-0.4, -0.2) is 11.0 Å². The Morgan fingerprint density at radius 3 is 2.81 bits per heavy atom. The average molecular weight is 325 g/mol. The quantitative estimate of drug-likeness (QED) is 0.672. The number of benzene rings is 1. The van der Waals surface area contributed by atoms with E-state index in [9.17, 15) is 9.18 Å². The zero-order valence-electron chi connectivity index (χ0n) is 10.6. The molecular formula is C14H10ClFN2O2S. The van der Waals surface area contributed by atoms with Gasteiger partial charge in [0.15, 0.2) is 5.11 Å². The van der Waals surface area contributed by atoms with Crippen molar-refractivity contribution in [1.29, 1.82) is 0 Å². The summed E-state index contributed by atoms with van der Waals surface area (Å²) in [5, 5.41) is 2.15. The maximum atomic E-state index is 13.1. The van der Waals surface area contributed by atoms with Crippen molar-refractivity contribution in [2.24, 2.45) is 5.73 Å². The molecule has 1 aromatic carbocycles. The van der Waals surface area contributed by atoms with Gasteiger partial charge in [-0.05, 0) is 48.6 Å². The minimum atomic E-state index is -0.499. The van der Waals surface area contributed by atoms with Crippen LogP contribution in [0, 0.1) is 5.82 Å². The van der Waals surface area contributed by atoms with E-state index in [0.717, 1.165) is 0 Å². The molecule has 0 aliphatic rings. The van der Waals surface area contributed by atoms with Crippen molar-refractivity contribution in [3.05, 3.63) is 53.0 Å². The van der Waals surface area contributed by atoms with Gasteiger partial charge in [-0.3, -0.25) is 10.1 Å². The molecule has 21 heavy (non-hydrogen) atoms. The molecule has 1 amide bonds. The third-order valence-corrected chi connectivity index (χ3v) is 2.87. The minimum Gasteiger partial charge on any atom is -0.457 e. The summed E-state index contributed by atoms with van der Waals surface area (Å²) in [6.07, 6.45) is 2.70. The van der Waals surface area contributed by atoms with Crippen LogP contribution in [0.5, 0.6) is 0 Å². The zero-order valence-corrected chi connectivity index (χ0v) is 12.2. The highest BCUT2D eigenvalue weighted by molar-refractivity contribution is 7.80. The van der Waals surface area contributed by atoms with E-state index in [-0.39, 0.29) is 10.1 Å². The van der Waals surface area contributed by atoms with Crippen molar-refractivity contribution < 1.29 is 13.6 Å². The van der Waals surface area contributed by atoms with Crippen molar-refractivity contribution in [1.82, 2.24) is 5.32 Å². The second-order valence-corrected chi connectivity index (χ2v) is 4.86. The molecular weight excluding hydrogens is 315 g/mol. The molecule has 4 nitrogen and oxygen atoms in total. The van der Waals surface area contributed by atoms with Crippen LogP contribution >= 0.6 is 23.8 Å². The Morgan fingerprint density at radius 1 is 1.38 bits per heavy atom. The SMILES string of the molecule is NC(=S)NC(=O)/C=C/c1ccc(-c2ccc(F)c(Cl)c2)o1. The van der Waals surface area contributed by atoms with E-state index in [1.165, 1.54) is 24.3 Å². The van der Waals surface area contributed by atoms with Crippen molar-refractivity contribution in [3.63, 3.8) is 0 Å². The molecule has 0 saturated carbocycles. The summed E-state index contributed by atoms with van der Waals surface area (Å²) in [6, 6.07) is 7.62. The number of furan rings is 1. The number of halogens is 2. The molecule has 2 aromatic rings. The first-order chi connectivity index (χ1) is 9.95. The highest BCUT2D eigenvalue weighted by Gasteiger charge is 2.07.